The van der Waals surface area contributed by atoms with Gasteiger partial charge in [-0.1, -0.05) is 29.8 Å². The van der Waals surface area contributed by atoms with Crippen LogP contribution in [0.15, 0.2) is 54.6 Å². The molecule has 2 atom stereocenters. The molecule has 3 amide bonds. The zero-order valence-corrected chi connectivity index (χ0v) is 18.0. The third-order valence-electron chi connectivity index (χ3n) is 5.58. The lowest BCUT2D eigenvalue weighted by molar-refractivity contribution is -0.139. The second kappa shape index (κ2) is 8.43. The van der Waals surface area contributed by atoms with Crippen LogP contribution in [0, 0.1) is 11.8 Å². The number of amides is 3. The van der Waals surface area contributed by atoms with E-state index in [0.717, 1.165) is 5.69 Å². The minimum Gasteiger partial charge on any atom is -0.376 e. The molecular formula is C23H23ClN4O3. The van der Waals surface area contributed by atoms with Crippen LogP contribution in [-0.2, 0) is 9.59 Å². The molecule has 1 aliphatic carbocycles. The molecule has 0 radical (unpaired) electrons. The van der Waals surface area contributed by atoms with Crippen LogP contribution in [0.1, 0.15) is 23.2 Å². The number of benzene rings is 2. The molecule has 2 unspecified atom stereocenters. The van der Waals surface area contributed by atoms with Crippen LogP contribution >= 0.6 is 11.6 Å². The number of rotatable bonds is 4. The van der Waals surface area contributed by atoms with E-state index in [-0.39, 0.29) is 29.6 Å². The van der Waals surface area contributed by atoms with Crippen molar-refractivity contribution in [3.05, 3.63) is 65.2 Å². The van der Waals surface area contributed by atoms with Crippen LogP contribution in [0.25, 0.3) is 0 Å². The van der Waals surface area contributed by atoms with Gasteiger partial charge >= 0.3 is 0 Å². The predicted octanol–water partition coefficient (Wildman–Crippen LogP) is 3.62. The van der Waals surface area contributed by atoms with Crippen molar-refractivity contribution >= 4 is 46.4 Å². The SMILES string of the molecule is CN(C)c1ccc(Cl)cc1NC(=O)c1cccc(N2NC(=O)C3CC=CCC3C2=O)c1. The summed E-state index contributed by atoms with van der Waals surface area (Å²) in [4.78, 5) is 40.3. The first kappa shape index (κ1) is 20.9. The molecule has 1 heterocycles. The highest BCUT2D eigenvalue weighted by molar-refractivity contribution is 6.31. The Labute approximate surface area is 185 Å². The molecule has 1 fully saturated rings. The van der Waals surface area contributed by atoms with Gasteiger partial charge in [-0.15, -0.1) is 0 Å². The van der Waals surface area contributed by atoms with Crippen LogP contribution in [0.2, 0.25) is 5.02 Å². The summed E-state index contributed by atoms with van der Waals surface area (Å²) in [5.41, 5.74) is 4.87. The van der Waals surface area contributed by atoms with E-state index >= 15 is 0 Å². The van der Waals surface area contributed by atoms with Gasteiger partial charge in [0.05, 0.1) is 28.9 Å². The summed E-state index contributed by atoms with van der Waals surface area (Å²) >= 11 is 6.10. The highest BCUT2D eigenvalue weighted by Gasteiger charge is 2.42. The van der Waals surface area contributed by atoms with Gasteiger partial charge in [0, 0.05) is 24.7 Å². The Morgan fingerprint density at radius 2 is 1.84 bits per heavy atom. The van der Waals surface area contributed by atoms with E-state index in [1.54, 1.807) is 36.4 Å². The van der Waals surface area contributed by atoms with Gasteiger partial charge in [0.1, 0.15) is 0 Å². The second-order valence-electron chi connectivity index (χ2n) is 7.87. The van der Waals surface area contributed by atoms with E-state index in [1.807, 2.05) is 37.2 Å². The maximum Gasteiger partial charge on any atom is 0.255 e. The van der Waals surface area contributed by atoms with Gasteiger partial charge in [-0.05, 0) is 49.2 Å². The average molecular weight is 439 g/mol. The van der Waals surface area contributed by atoms with Crippen LogP contribution in [0.3, 0.4) is 0 Å². The summed E-state index contributed by atoms with van der Waals surface area (Å²) in [5.74, 6) is -1.42. The quantitative estimate of drug-likeness (QED) is 0.714. The van der Waals surface area contributed by atoms with Gasteiger partial charge in [0.2, 0.25) is 11.8 Å². The largest absolute Gasteiger partial charge is 0.376 e. The molecule has 2 N–H and O–H groups in total. The lowest BCUT2D eigenvalue weighted by Crippen LogP contribution is -2.59. The summed E-state index contributed by atoms with van der Waals surface area (Å²) in [7, 11) is 3.75. The molecule has 0 bridgehead atoms. The fourth-order valence-electron chi connectivity index (χ4n) is 3.96. The van der Waals surface area contributed by atoms with Crippen molar-refractivity contribution in [2.24, 2.45) is 11.8 Å². The van der Waals surface area contributed by atoms with Crippen LogP contribution in [-0.4, -0.2) is 31.8 Å². The van der Waals surface area contributed by atoms with Crippen LogP contribution in [0.5, 0.6) is 0 Å². The zero-order valence-electron chi connectivity index (χ0n) is 17.3. The zero-order chi connectivity index (χ0) is 22.1. The summed E-state index contributed by atoms with van der Waals surface area (Å²) < 4.78 is 0. The van der Waals surface area contributed by atoms with E-state index in [1.165, 1.54) is 5.01 Å². The highest BCUT2D eigenvalue weighted by atomic mass is 35.5. The lowest BCUT2D eigenvalue weighted by Gasteiger charge is -2.38. The van der Waals surface area contributed by atoms with Gasteiger partial charge in [-0.3, -0.25) is 19.8 Å². The van der Waals surface area contributed by atoms with Crippen molar-refractivity contribution in [2.45, 2.75) is 12.8 Å². The molecule has 2 aromatic rings. The maximum atomic E-state index is 13.0. The number of carbonyl (C=O) groups is 3. The molecule has 0 spiro atoms. The Kier molecular flexibility index (Phi) is 5.69. The monoisotopic (exact) mass is 438 g/mol. The molecule has 8 heteroatoms. The topological polar surface area (TPSA) is 81.8 Å². The minimum absolute atomic E-state index is 0.170. The molecule has 31 heavy (non-hydrogen) atoms. The molecule has 160 valence electrons. The van der Waals surface area contributed by atoms with E-state index < -0.39 is 0 Å². The molecule has 2 aromatic carbocycles. The van der Waals surface area contributed by atoms with E-state index in [0.29, 0.717) is 34.8 Å². The number of hydrogen-bond donors (Lipinski definition) is 2. The summed E-state index contributed by atoms with van der Waals surface area (Å²) in [5, 5.41) is 4.64. The van der Waals surface area contributed by atoms with Crippen LogP contribution in [0.4, 0.5) is 17.1 Å². The number of hydrogen-bond acceptors (Lipinski definition) is 4. The van der Waals surface area contributed by atoms with Gasteiger partial charge in [0.25, 0.3) is 5.91 Å². The van der Waals surface area contributed by atoms with Crippen molar-refractivity contribution in [1.82, 2.24) is 5.43 Å². The molecule has 4 rings (SSSR count). The number of carbonyl (C=O) groups excluding carboxylic acids is 3. The van der Waals surface area contributed by atoms with Gasteiger partial charge in [-0.2, -0.15) is 0 Å². The summed E-state index contributed by atoms with van der Waals surface area (Å²) in [6, 6.07) is 11.9. The lowest BCUT2D eigenvalue weighted by atomic mass is 9.80. The minimum atomic E-state index is -0.384. The Morgan fingerprint density at radius 1 is 1.10 bits per heavy atom. The van der Waals surface area contributed by atoms with Gasteiger partial charge in [-0.25, -0.2) is 5.01 Å². The molecule has 0 aromatic heterocycles. The third-order valence-corrected chi connectivity index (χ3v) is 5.82. The predicted molar refractivity (Wildman–Crippen MR) is 121 cm³/mol. The van der Waals surface area contributed by atoms with E-state index in [4.69, 9.17) is 11.6 Å². The smallest absolute Gasteiger partial charge is 0.255 e. The Hall–Kier alpha value is -3.32. The van der Waals surface area contributed by atoms with Crippen molar-refractivity contribution in [2.75, 3.05) is 29.3 Å². The van der Waals surface area contributed by atoms with Crippen molar-refractivity contribution in [3.63, 3.8) is 0 Å². The van der Waals surface area contributed by atoms with Crippen LogP contribution < -0.4 is 20.7 Å². The number of nitrogens with zero attached hydrogens (tertiary/aromatic N) is 2. The first-order valence-electron chi connectivity index (χ1n) is 10.0. The Bertz CT molecular complexity index is 1080. The van der Waals surface area contributed by atoms with Gasteiger partial charge < -0.3 is 10.2 Å². The van der Waals surface area contributed by atoms with E-state index in [2.05, 4.69) is 10.7 Å². The number of nitrogens with one attached hydrogen (secondary N) is 2. The maximum absolute atomic E-state index is 13.0. The molecule has 0 saturated carbocycles. The number of fused-ring (bicyclic) bond motifs is 1. The number of anilines is 3. The fourth-order valence-corrected chi connectivity index (χ4v) is 4.13. The fraction of sp³-hybridized carbons (Fsp3) is 0.261. The standard InChI is InChI=1S/C23H23ClN4O3/c1-27(2)20-11-10-15(24)13-19(20)25-21(29)14-6-5-7-16(12-14)28-23(31)18-9-4-3-8-17(18)22(30)26-28/h3-7,10-13,17-18H,8-9H2,1-2H3,(H,25,29)(H,26,30). The molecular weight excluding hydrogens is 416 g/mol. The van der Waals surface area contributed by atoms with Gasteiger partial charge in [0.15, 0.2) is 0 Å². The number of hydrazine groups is 1. The molecule has 1 aliphatic heterocycles. The first-order chi connectivity index (χ1) is 14.8. The third kappa shape index (κ3) is 4.14. The van der Waals surface area contributed by atoms with Crippen molar-refractivity contribution in [1.29, 1.82) is 0 Å². The van der Waals surface area contributed by atoms with E-state index in [9.17, 15) is 14.4 Å². The van der Waals surface area contributed by atoms with Crippen molar-refractivity contribution < 1.29 is 14.4 Å². The normalized spacial score (nSPS) is 20.2. The molecule has 1 saturated heterocycles. The average Bonchev–Trinajstić information content (AvgIpc) is 2.76. The highest BCUT2D eigenvalue weighted by Crippen LogP contribution is 2.33. The second-order valence-corrected chi connectivity index (χ2v) is 8.30. The number of halogens is 1. The summed E-state index contributed by atoms with van der Waals surface area (Å²) in [6.07, 6.45) is 4.97. The summed E-state index contributed by atoms with van der Waals surface area (Å²) in [6.45, 7) is 0. The van der Waals surface area contributed by atoms with Crippen molar-refractivity contribution in [3.8, 4) is 0 Å². The Morgan fingerprint density at radius 3 is 2.58 bits per heavy atom. The molecule has 7 nitrogen and oxygen atoms in total. The number of allylic oxidation sites excluding steroid dienone is 2. The first-order valence-corrected chi connectivity index (χ1v) is 10.4. The molecule has 2 aliphatic rings. The Balaban J connectivity index is 1.58.